The van der Waals surface area contributed by atoms with Crippen molar-refractivity contribution < 1.29 is 18.9 Å². The fourth-order valence-corrected chi connectivity index (χ4v) is 0.505. The Morgan fingerprint density at radius 1 is 1.50 bits per heavy atom. The topological polar surface area (TPSA) is 92.8 Å². The van der Waals surface area contributed by atoms with Gasteiger partial charge in [-0.3, -0.25) is 4.52 Å². The summed E-state index contributed by atoms with van der Waals surface area (Å²) in [7, 11) is -4.17. The number of phosphoric ester groups is 1. The average molecular weight is 222 g/mol. The summed E-state index contributed by atoms with van der Waals surface area (Å²) in [5, 5.41) is 0. The van der Waals surface area contributed by atoms with Gasteiger partial charge in [0.05, 0.1) is 6.61 Å². The fourth-order valence-electron chi connectivity index (χ4n) is 0.168. The average Bonchev–Trinajstić information content (AvgIpc) is 1.58. The third-order valence-electron chi connectivity index (χ3n) is 0.297. The van der Waals surface area contributed by atoms with Crippen LogP contribution in [0.2, 0.25) is 0 Å². The summed E-state index contributed by atoms with van der Waals surface area (Å²) in [4.78, 5) is 15.8. The molecule has 0 radical (unpaired) electrons. The molecule has 0 unspecified atom stereocenters. The van der Waals surface area contributed by atoms with E-state index < -0.39 is 7.82 Å². The quantitative estimate of drug-likeness (QED) is 0.603. The lowest BCUT2D eigenvalue weighted by Gasteiger charge is -1.98. The van der Waals surface area contributed by atoms with Crippen LogP contribution < -0.4 is 5.73 Å². The van der Waals surface area contributed by atoms with E-state index in [1.165, 1.54) is 6.92 Å². The maximum Gasteiger partial charge on any atom is 0.469 e. The molecule has 0 aliphatic carbocycles. The molecule has 12 heavy (non-hydrogen) atoms. The van der Waals surface area contributed by atoms with Crippen molar-refractivity contribution >= 4 is 20.2 Å². The Hall–Kier alpha value is 0.360. The van der Waals surface area contributed by atoms with Gasteiger partial charge in [-0.25, -0.2) is 4.57 Å². The SMILES string of the molecule is CC(C)N.CCOP(=O)(O)O.Cl. The van der Waals surface area contributed by atoms with E-state index in [4.69, 9.17) is 15.5 Å². The highest BCUT2D eigenvalue weighted by molar-refractivity contribution is 7.46. The summed E-state index contributed by atoms with van der Waals surface area (Å²) < 4.78 is 13.6. The van der Waals surface area contributed by atoms with Crippen molar-refractivity contribution in [2.75, 3.05) is 6.61 Å². The van der Waals surface area contributed by atoms with Crippen molar-refractivity contribution in [1.82, 2.24) is 0 Å². The smallest absolute Gasteiger partial charge is 0.328 e. The zero-order valence-corrected chi connectivity index (χ0v) is 9.14. The fraction of sp³-hybridized carbons (Fsp3) is 1.00. The Balaban J connectivity index is -0.000000142. The third-order valence-corrected chi connectivity index (χ3v) is 0.892. The molecule has 5 nitrogen and oxygen atoms in total. The maximum atomic E-state index is 9.70. The molecule has 0 saturated carbocycles. The van der Waals surface area contributed by atoms with E-state index in [1.54, 1.807) is 0 Å². The van der Waals surface area contributed by atoms with E-state index in [0.29, 0.717) is 6.04 Å². The van der Waals surface area contributed by atoms with Crippen molar-refractivity contribution in [3.05, 3.63) is 0 Å². The normalized spacial score (nSPS) is 9.92. The van der Waals surface area contributed by atoms with Crippen LogP contribution in [0.4, 0.5) is 0 Å². The zero-order chi connectivity index (χ0) is 9.49. The number of nitrogens with two attached hydrogens (primary N) is 1. The third kappa shape index (κ3) is 47.7. The molecular formula is C5H17ClNO4P. The lowest BCUT2D eigenvalue weighted by Crippen LogP contribution is -2.06. The van der Waals surface area contributed by atoms with Crippen LogP contribution in [0, 0.1) is 0 Å². The van der Waals surface area contributed by atoms with E-state index in [1.807, 2.05) is 13.8 Å². The molecule has 0 spiro atoms. The molecule has 0 amide bonds. The first-order valence-electron chi connectivity index (χ1n) is 3.25. The Bertz CT molecular complexity index is 124. The van der Waals surface area contributed by atoms with Crippen LogP contribution in [0.3, 0.4) is 0 Å². The molecular weight excluding hydrogens is 204 g/mol. The molecule has 0 bridgehead atoms. The highest BCUT2D eigenvalue weighted by Crippen LogP contribution is 2.34. The molecule has 78 valence electrons. The number of rotatable bonds is 2. The van der Waals surface area contributed by atoms with Gasteiger partial charge in [-0.15, -0.1) is 12.4 Å². The molecule has 0 aromatic carbocycles. The minimum absolute atomic E-state index is 0. The Morgan fingerprint density at radius 3 is 1.75 bits per heavy atom. The first-order valence-corrected chi connectivity index (χ1v) is 4.78. The van der Waals surface area contributed by atoms with Crippen molar-refractivity contribution in [3.63, 3.8) is 0 Å². The van der Waals surface area contributed by atoms with Crippen molar-refractivity contribution in [1.29, 1.82) is 0 Å². The van der Waals surface area contributed by atoms with Crippen LogP contribution in [0.15, 0.2) is 0 Å². The van der Waals surface area contributed by atoms with Gasteiger partial charge in [0.1, 0.15) is 0 Å². The first kappa shape index (κ1) is 18.2. The predicted molar refractivity (Wildman–Crippen MR) is 50.2 cm³/mol. The summed E-state index contributed by atoms with van der Waals surface area (Å²) in [6.07, 6.45) is 0. The molecule has 7 heteroatoms. The van der Waals surface area contributed by atoms with Gasteiger partial charge >= 0.3 is 7.82 Å². The van der Waals surface area contributed by atoms with E-state index in [-0.39, 0.29) is 19.0 Å². The van der Waals surface area contributed by atoms with Gasteiger partial charge in [0.15, 0.2) is 0 Å². The Labute approximate surface area is 78.9 Å². The predicted octanol–water partition coefficient (Wildman–Crippen LogP) is 0.891. The van der Waals surface area contributed by atoms with E-state index >= 15 is 0 Å². The number of halogens is 1. The highest BCUT2D eigenvalue weighted by Gasteiger charge is 2.10. The molecule has 0 aliphatic rings. The van der Waals surface area contributed by atoms with E-state index in [2.05, 4.69) is 4.52 Å². The van der Waals surface area contributed by atoms with Crippen molar-refractivity contribution in [3.8, 4) is 0 Å². The molecule has 0 rings (SSSR count). The summed E-state index contributed by atoms with van der Waals surface area (Å²) in [6.45, 7) is 5.45. The van der Waals surface area contributed by atoms with Crippen molar-refractivity contribution in [2.24, 2.45) is 5.73 Å². The molecule has 0 aliphatic heterocycles. The maximum absolute atomic E-state index is 9.70. The van der Waals surface area contributed by atoms with Gasteiger partial charge in [-0.05, 0) is 13.0 Å². The lowest BCUT2D eigenvalue weighted by molar-refractivity contribution is 0.206. The van der Waals surface area contributed by atoms with Crippen LogP contribution in [-0.2, 0) is 9.09 Å². The highest BCUT2D eigenvalue weighted by atomic mass is 35.5. The lowest BCUT2D eigenvalue weighted by atomic mass is 10.5. The van der Waals surface area contributed by atoms with Crippen LogP contribution in [0.1, 0.15) is 20.8 Å². The van der Waals surface area contributed by atoms with Crippen LogP contribution in [0.5, 0.6) is 0 Å². The Morgan fingerprint density at radius 2 is 1.75 bits per heavy atom. The number of hydrogen-bond acceptors (Lipinski definition) is 3. The largest absolute Gasteiger partial charge is 0.469 e. The van der Waals surface area contributed by atoms with Crippen molar-refractivity contribution in [2.45, 2.75) is 26.8 Å². The summed E-state index contributed by atoms with van der Waals surface area (Å²) in [6, 6.07) is 0.333. The van der Waals surface area contributed by atoms with Gasteiger partial charge in [0.25, 0.3) is 0 Å². The van der Waals surface area contributed by atoms with Gasteiger partial charge in [-0.1, -0.05) is 13.8 Å². The second kappa shape index (κ2) is 9.45. The molecule has 0 aromatic rings. The van der Waals surface area contributed by atoms with Gasteiger partial charge in [-0.2, -0.15) is 0 Å². The van der Waals surface area contributed by atoms with E-state index in [9.17, 15) is 4.57 Å². The first-order chi connectivity index (χ1) is 4.79. The Kier molecular flexibility index (Phi) is 14.3. The number of phosphoric acid groups is 1. The molecule has 0 fully saturated rings. The summed E-state index contributed by atoms with van der Waals surface area (Å²) in [5.41, 5.74) is 5.11. The van der Waals surface area contributed by atoms with Crippen LogP contribution in [-0.4, -0.2) is 22.4 Å². The molecule has 0 saturated heterocycles. The minimum atomic E-state index is -4.17. The second-order valence-electron chi connectivity index (χ2n) is 2.15. The van der Waals surface area contributed by atoms with Gasteiger partial charge < -0.3 is 15.5 Å². The number of hydrogen-bond donors (Lipinski definition) is 3. The second-order valence-corrected chi connectivity index (χ2v) is 3.39. The summed E-state index contributed by atoms with van der Waals surface area (Å²) >= 11 is 0. The summed E-state index contributed by atoms with van der Waals surface area (Å²) in [5.74, 6) is 0. The van der Waals surface area contributed by atoms with Crippen LogP contribution in [0.25, 0.3) is 0 Å². The zero-order valence-electron chi connectivity index (χ0n) is 7.43. The van der Waals surface area contributed by atoms with E-state index in [0.717, 1.165) is 0 Å². The van der Waals surface area contributed by atoms with Gasteiger partial charge in [0.2, 0.25) is 0 Å². The standard InChI is InChI=1S/C3H9N.C2H7O4P.ClH/c1-3(2)4;1-2-6-7(3,4)5;/h3H,4H2,1-2H3;2H2,1H3,(H2,3,4,5);1H. The molecule has 0 aromatic heterocycles. The van der Waals surface area contributed by atoms with Crippen LogP contribution >= 0.6 is 20.2 Å². The van der Waals surface area contributed by atoms with Gasteiger partial charge in [0, 0.05) is 0 Å². The monoisotopic (exact) mass is 221 g/mol. The minimum Gasteiger partial charge on any atom is -0.328 e. The molecule has 0 atom stereocenters. The molecule has 4 N–H and O–H groups in total. The molecule has 0 heterocycles.